The van der Waals surface area contributed by atoms with Crippen LogP contribution in [0.25, 0.3) is 0 Å². The topological polar surface area (TPSA) is 804 Å². The average Bonchev–Trinajstić information content (AvgIpc) is 0.800. The fraction of sp³-hybridized carbons (Fsp3) is 0.323. The molecule has 0 saturated heterocycles. The number of carbonyl (C=O) groups excluding carboxylic acids is 4. The number of anilines is 4. The van der Waals surface area contributed by atoms with E-state index in [0.29, 0.717) is 42.1 Å². The molecule has 0 radical (unpaired) electrons. The van der Waals surface area contributed by atoms with Crippen molar-refractivity contribution in [3.8, 4) is 0 Å². The maximum Gasteiger partial charge on any atom is 1.00 e. The van der Waals surface area contributed by atoms with Gasteiger partial charge in [0.15, 0.2) is 0 Å². The first-order chi connectivity index (χ1) is 52.2. The summed E-state index contributed by atoms with van der Waals surface area (Å²) in [5.74, 6) is -7.49. The number of nitrogens with two attached hydrogens (primary N) is 4. The SMILES string of the molecule is C.C.C.C.C.C.C.CC(C)(C)N.CO.COC(=O)c1cc(N)c(N)cc1Br.COC(=O)c1cc([N+](=O)[O-])c(F)cc1Br.COC(=O)c1cc([N+](=O)[O-])c(N)cc1Br.COC(=O)c1cc([N+](=O)[O-])c(NC(C)(C)C)cc1Br.Cl.Cl.N.O=C(O)c1cc([N+](=O)[O-])c(F)cc1Br.O=C(O)c1ccc(F)cc1Br.O=NO[O-].O=N[O-].O=S(=O)(O)O.O=S(=O)(O)O.O=S(Cl)Cl.[Fe].[K+].[Na+]. The van der Waals surface area contributed by atoms with Crippen LogP contribution in [0.15, 0.2) is 116 Å². The van der Waals surface area contributed by atoms with Crippen LogP contribution < -0.4 is 121 Å². The van der Waals surface area contributed by atoms with E-state index in [1.807, 2.05) is 41.5 Å². The van der Waals surface area contributed by atoms with E-state index in [-0.39, 0.29) is 250 Å². The van der Waals surface area contributed by atoms with Gasteiger partial charge in [-0.05, 0) is 192 Å². The number of halogens is 13. The van der Waals surface area contributed by atoms with Crippen LogP contribution in [0.2, 0.25) is 0 Å². The van der Waals surface area contributed by atoms with Gasteiger partial charge in [0.25, 0.3) is 11.4 Å². The number of carboxylic acid groups (broad SMARTS) is 2. The molecule has 6 aromatic rings. The average molecular weight is 2460 g/mol. The van der Waals surface area contributed by atoms with E-state index in [2.05, 4.69) is 146 Å². The van der Waals surface area contributed by atoms with Gasteiger partial charge in [-0.3, -0.25) is 58.7 Å². The van der Waals surface area contributed by atoms with Crippen LogP contribution in [0.5, 0.6) is 0 Å². The van der Waals surface area contributed by atoms with E-state index in [1.54, 1.807) is 6.07 Å². The van der Waals surface area contributed by atoms with Gasteiger partial charge >= 0.3 is 149 Å². The smallest absolute Gasteiger partial charge is 0.635 e. The van der Waals surface area contributed by atoms with Crippen molar-refractivity contribution in [3.05, 3.63) is 212 Å². The molecule has 128 heavy (non-hydrogen) atoms. The molecule has 0 bridgehead atoms. The van der Waals surface area contributed by atoms with Gasteiger partial charge < -0.3 is 89.0 Å². The van der Waals surface area contributed by atoms with Crippen LogP contribution in [0.4, 0.5) is 58.7 Å². The molecule has 0 heterocycles. The Kier molecular flexibility index (Phi) is 118. The summed E-state index contributed by atoms with van der Waals surface area (Å²) < 4.78 is 130. The number of carbonyl (C=O) groups is 6. The molecule has 0 aliphatic carbocycles. The Morgan fingerprint density at radius 2 is 0.703 bits per heavy atom. The van der Waals surface area contributed by atoms with Gasteiger partial charge in [-0.1, -0.05) is 52.0 Å². The minimum atomic E-state index is -4.67. The van der Waals surface area contributed by atoms with E-state index in [4.69, 9.17) is 97.8 Å². The molecule has 6 aromatic carbocycles. The molecule has 0 aliphatic rings. The molecule has 0 amide bonds. The van der Waals surface area contributed by atoms with Crippen LogP contribution in [-0.2, 0) is 71.0 Å². The van der Waals surface area contributed by atoms with Crippen molar-refractivity contribution >= 4 is 253 Å². The Balaban J connectivity index is -0.0000000564. The zero-order valence-electron chi connectivity index (χ0n) is 63.3. The quantitative estimate of drug-likeness (QED) is 0.00517. The second-order valence-electron chi connectivity index (χ2n) is 20.5. The first-order valence-electron chi connectivity index (χ1n) is 27.6. The first kappa shape index (κ1) is 172. The van der Waals surface area contributed by atoms with Crippen molar-refractivity contribution in [1.29, 1.82) is 0 Å². The number of rotatable bonds is 12. The minimum absolute atomic E-state index is 0. The van der Waals surface area contributed by atoms with Crippen LogP contribution >= 0.6 is 142 Å². The first-order valence-corrected chi connectivity index (χ1v) is 37.9. The van der Waals surface area contributed by atoms with Crippen molar-refractivity contribution in [2.75, 3.05) is 58.1 Å². The molecule has 0 atom stereocenters. The molecule has 0 unspecified atom stereocenters. The Labute approximate surface area is 883 Å². The summed E-state index contributed by atoms with van der Waals surface area (Å²) in [4.78, 5) is 124. The number of methoxy groups -OCH3 is 4. The third kappa shape index (κ3) is 85.9. The number of aliphatic hydroxyl groups excluding tert-OH is 1. The second kappa shape index (κ2) is 88.1. The van der Waals surface area contributed by atoms with Gasteiger partial charge in [-0.25, -0.2) is 37.4 Å². The van der Waals surface area contributed by atoms with E-state index in [9.17, 15) is 82.4 Å². The standard InChI is InChI=1S/C12H15BrN2O4.C8H5BrFNO4.C8H7BrN2O4.C8H9BrN2O2.C7H3BrFNO4.C7H4BrFO2.C4H11N.CH4O.7CH4.Cl2OS.2ClH.Fe.K.HNO3.HNO2.H3N.Na.2H2O4S/c1-12(2,3)14-9-6-8(13)7(11(16)19-4)5-10(9)15(17)18;2*1-15-8(12)4-2-7(11(13)14)6(10)3-5(4)9;1-13-8(12)4-2-6(10)7(11)3-5(4)9;8-4-2-5(9)6(10(13)14)1-3(4)7(11)12;8-6-3-4(9)1-2-5(6)7(10)11;1-4(2,3)5;1-2;;;;;;;;1-4(2)3;;;;;2-1-4-3;2-1-3;;;2*1-5(2,3)4/h5-6,14H,1-4H3;2-3H,1H3;2-3H,10H2,1H3;2-3H,10-11H2,1H3;1-2H,(H,11,12);1-3H,(H,10,11);5H2,1-3H3;2H,1H3;7*1H4;;2*1H;;;3H;(H,2,3);1H3;;2*(H2,1,2,3,4)/q;;;;;;;;;;;;;;;;;;;+1;;;;+1;;/p-2. The summed E-state index contributed by atoms with van der Waals surface area (Å²) in [7, 11) is 3.88. The second-order valence-corrected chi connectivity index (χ2v) is 30.0. The number of nitrogens with zero attached hydrogens (tertiary/aromatic N) is 6. The minimum Gasteiger partial charge on any atom is -0.635 e. The molecule has 0 fully saturated rings. The normalized spacial score (nSPS) is 8.77. The third-order valence-electron chi connectivity index (χ3n) is 9.79. The molecule has 0 aliphatic heterocycles. The molecule has 0 spiro atoms. The number of benzene rings is 6. The third-order valence-corrected chi connectivity index (χ3v) is 13.7. The van der Waals surface area contributed by atoms with Crippen LogP contribution in [0, 0.1) is 72.9 Å². The number of esters is 4. The predicted molar refractivity (Wildman–Crippen MR) is 490 cm³/mol. The van der Waals surface area contributed by atoms with Crippen molar-refractivity contribution in [3.63, 3.8) is 0 Å². The summed E-state index contributed by atoms with van der Waals surface area (Å²) >= 11 is 18.1. The number of nitrogen functional groups attached to an aromatic ring is 3. The summed E-state index contributed by atoms with van der Waals surface area (Å²) in [5.41, 5.74) is 20.7. The van der Waals surface area contributed by atoms with E-state index in [1.165, 1.54) is 57.0 Å². The zero-order valence-corrected chi connectivity index (χ0v) is 84.7. The maximum absolute atomic E-state index is 13.0. The summed E-state index contributed by atoms with van der Waals surface area (Å²) in [6.07, 6.45) is 0. The number of aromatic carboxylic acids is 2. The molecular weight excluding hydrogens is 2370 g/mol. The van der Waals surface area contributed by atoms with Crippen molar-refractivity contribution in [2.24, 2.45) is 16.4 Å². The van der Waals surface area contributed by atoms with Gasteiger partial charge in [0.05, 0.1) is 92.9 Å². The largest absolute Gasteiger partial charge is 1.00 e. The van der Waals surface area contributed by atoms with Crippen molar-refractivity contribution in [2.45, 2.75) is 105 Å². The molecule has 6 rings (SSSR count). The number of aliphatic hydroxyl groups is 1. The van der Waals surface area contributed by atoms with Gasteiger partial charge in [0.2, 0.25) is 20.9 Å². The number of nitro benzene ring substituents is 4. The number of nitrogens with one attached hydrogen (secondary N) is 1. The molecule has 66 heteroatoms. The zero-order chi connectivity index (χ0) is 92.5. The van der Waals surface area contributed by atoms with E-state index in [0.717, 1.165) is 56.0 Å². The van der Waals surface area contributed by atoms with E-state index < -0.39 is 114 Å². The molecule has 19 N–H and O–H groups in total. The Bertz CT molecular complexity index is 4480. The number of hydrogen-bond donors (Lipinski definition) is 13. The van der Waals surface area contributed by atoms with Crippen molar-refractivity contribution < 1.29 is 243 Å². The van der Waals surface area contributed by atoms with Crippen LogP contribution in [-0.4, -0.2) is 157 Å². The summed E-state index contributed by atoms with van der Waals surface area (Å²) in [6, 6.07) is 14.7. The number of nitro groups is 4. The van der Waals surface area contributed by atoms with Crippen LogP contribution in [0.1, 0.15) is 156 Å². The number of ether oxygens (including phenoxy) is 4. The molecule has 0 aromatic heterocycles. The monoisotopic (exact) mass is 2450 g/mol. The number of carboxylic acids is 2. The Morgan fingerprint density at radius 3 is 0.945 bits per heavy atom. The Hall–Kier alpha value is -5.54. The maximum atomic E-state index is 13.0. The van der Waals surface area contributed by atoms with Crippen molar-refractivity contribution in [1.82, 2.24) is 6.15 Å². The van der Waals surface area contributed by atoms with E-state index >= 15 is 0 Å². The van der Waals surface area contributed by atoms with Gasteiger partial charge in [-0.15, -0.1) is 35.1 Å². The summed E-state index contributed by atoms with van der Waals surface area (Å²) in [5, 5.41) is 88.2. The van der Waals surface area contributed by atoms with Crippen LogP contribution in [0.3, 0.4) is 0 Å². The van der Waals surface area contributed by atoms with Gasteiger partial charge in [0.1, 0.15) is 22.5 Å². The molecule has 47 nitrogen and oxygen atoms in total. The van der Waals surface area contributed by atoms with Gasteiger partial charge in [0, 0.05) is 108 Å². The molecular formula is C62H95Br6Cl4F3FeKN12NaO35S3. The number of hydrogen-bond acceptors (Lipinski definition) is 37. The molecule has 0 saturated carbocycles. The predicted octanol–water partition coefficient (Wildman–Crippen LogP) is 12.0. The molecule has 732 valence electrons. The Morgan fingerprint density at radius 1 is 0.492 bits per heavy atom. The summed E-state index contributed by atoms with van der Waals surface area (Å²) in [6.45, 7) is 11.6. The fourth-order valence-corrected chi connectivity index (χ4v) is 8.84. The van der Waals surface area contributed by atoms with Gasteiger partial charge in [-0.2, -0.15) is 25.6 Å². The fourth-order valence-electron chi connectivity index (χ4n) is 5.81.